The first kappa shape index (κ1) is 14.6. The summed E-state index contributed by atoms with van der Waals surface area (Å²) in [4.78, 5) is 0.432. The highest BCUT2D eigenvalue weighted by atomic mass is 79.9. The number of ether oxygens (including phenoxy) is 1. The number of halogens is 1. The predicted molar refractivity (Wildman–Crippen MR) is 91.2 cm³/mol. The molecule has 0 radical (unpaired) electrons. The molecule has 21 heavy (non-hydrogen) atoms. The normalized spacial score (nSPS) is 21.4. The Morgan fingerprint density at radius 2 is 1.86 bits per heavy atom. The van der Waals surface area contributed by atoms with Gasteiger partial charge in [0.2, 0.25) is 0 Å². The molecular formula is C19H21BrO. The molecule has 2 aromatic carbocycles. The van der Waals surface area contributed by atoms with Crippen molar-refractivity contribution in [2.24, 2.45) is 5.92 Å². The van der Waals surface area contributed by atoms with Crippen molar-refractivity contribution in [3.05, 3.63) is 65.2 Å². The zero-order valence-electron chi connectivity index (χ0n) is 12.4. The van der Waals surface area contributed by atoms with Crippen molar-refractivity contribution in [2.75, 3.05) is 7.11 Å². The van der Waals surface area contributed by atoms with E-state index in [1.807, 2.05) is 6.07 Å². The molecule has 2 aromatic rings. The highest BCUT2D eigenvalue weighted by molar-refractivity contribution is 9.09. The molecule has 0 spiro atoms. The van der Waals surface area contributed by atoms with Crippen molar-refractivity contribution < 1.29 is 4.74 Å². The number of fused-ring (bicyclic) bond motifs is 1. The summed E-state index contributed by atoms with van der Waals surface area (Å²) in [5.74, 6) is 1.62. The zero-order valence-corrected chi connectivity index (χ0v) is 14.0. The molecule has 2 atom stereocenters. The Morgan fingerprint density at radius 1 is 1.10 bits per heavy atom. The van der Waals surface area contributed by atoms with Crippen LogP contribution in [0.2, 0.25) is 0 Å². The molecular weight excluding hydrogens is 324 g/mol. The molecule has 1 aliphatic rings. The van der Waals surface area contributed by atoms with Gasteiger partial charge in [-0.3, -0.25) is 0 Å². The minimum Gasteiger partial charge on any atom is -0.496 e. The fourth-order valence-corrected chi connectivity index (χ4v) is 4.24. The number of hydrogen-bond acceptors (Lipinski definition) is 1. The van der Waals surface area contributed by atoms with Gasteiger partial charge < -0.3 is 4.74 Å². The third kappa shape index (κ3) is 3.16. The minimum atomic E-state index is 0.432. The van der Waals surface area contributed by atoms with Gasteiger partial charge in [-0.25, -0.2) is 0 Å². The van der Waals surface area contributed by atoms with Crippen molar-refractivity contribution >= 4 is 15.9 Å². The molecule has 2 unspecified atom stereocenters. The summed E-state index contributed by atoms with van der Waals surface area (Å²) in [6.45, 7) is 0. The summed E-state index contributed by atoms with van der Waals surface area (Å²) in [6, 6.07) is 17.2. The lowest BCUT2D eigenvalue weighted by Crippen LogP contribution is -2.11. The zero-order chi connectivity index (χ0) is 14.7. The summed E-state index contributed by atoms with van der Waals surface area (Å²) in [5.41, 5.74) is 4.28. The molecule has 0 saturated heterocycles. The quantitative estimate of drug-likeness (QED) is 0.540. The maximum Gasteiger partial charge on any atom is 0.122 e. The second-order valence-corrected chi connectivity index (χ2v) is 6.76. The van der Waals surface area contributed by atoms with Crippen LogP contribution in [0.15, 0.2) is 48.5 Å². The van der Waals surface area contributed by atoms with E-state index in [9.17, 15) is 0 Å². The number of rotatable bonds is 3. The van der Waals surface area contributed by atoms with Crippen LogP contribution >= 0.6 is 15.9 Å². The van der Waals surface area contributed by atoms with Crippen LogP contribution in [0.1, 0.15) is 34.4 Å². The Kier molecular flexibility index (Phi) is 4.64. The monoisotopic (exact) mass is 344 g/mol. The van der Waals surface area contributed by atoms with Gasteiger partial charge in [0.15, 0.2) is 0 Å². The number of aryl methyl sites for hydroxylation is 1. The van der Waals surface area contributed by atoms with E-state index >= 15 is 0 Å². The molecule has 1 aliphatic carbocycles. The van der Waals surface area contributed by atoms with Crippen LogP contribution in [-0.2, 0) is 12.8 Å². The molecule has 3 rings (SSSR count). The third-order valence-corrected chi connectivity index (χ3v) is 5.70. The lowest BCUT2D eigenvalue weighted by molar-refractivity contribution is 0.399. The largest absolute Gasteiger partial charge is 0.496 e. The SMILES string of the molecule is COc1ccccc1CC1CCCc2ccccc2C1Br. The van der Waals surface area contributed by atoms with Gasteiger partial charge in [0.1, 0.15) is 5.75 Å². The number of methoxy groups -OCH3 is 1. The van der Waals surface area contributed by atoms with Crippen LogP contribution in [0.5, 0.6) is 5.75 Å². The van der Waals surface area contributed by atoms with Gasteiger partial charge in [0.05, 0.1) is 7.11 Å². The van der Waals surface area contributed by atoms with Gasteiger partial charge in [0.25, 0.3) is 0 Å². The van der Waals surface area contributed by atoms with E-state index in [0.717, 1.165) is 12.2 Å². The van der Waals surface area contributed by atoms with Gasteiger partial charge >= 0.3 is 0 Å². The van der Waals surface area contributed by atoms with Gasteiger partial charge in [-0.2, -0.15) is 0 Å². The molecule has 2 heteroatoms. The average Bonchev–Trinajstić information content (AvgIpc) is 2.68. The first-order chi connectivity index (χ1) is 10.3. The van der Waals surface area contributed by atoms with Crippen LogP contribution < -0.4 is 4.74 Å². The number of para-hydroxylation sites is 1. The Morgan fingerprint density at radius 3 is 2.71 bits per heavy atom. The van der Waals surface area contributed by atoms with Crippen LogP contribution in [-0.4, -0.2) is 7.11 Å². The standard InChI is InChI=1S/C19H21BrO/c1-21-18-12-5-3-8-15(18)13-16-10-6-9-14-7-2-4-11-17(14)19(16)20/h2-5,7-8,11-12,16,19H,6,9-10,13H2,1H3. The van der Waals surface area contributed by atoms with E-state index in [2.05, 4.69) is 58.4 Å². The van der Waals surface area contributed by atoms with E-state index < -0.39 is 0 Å². The van der Waals surface area contributed by atoms with E-state index in [1.54, 1.807) is 7.11 Å². The van der Waals surface area contributed by atoms with Crippen LogP contribution in [0.25, 0.3) is 0 Å². The molecule has 0 saturated carbocycles. The topological polar surface area (TPSA) is 9.23 Å². The van der Waals surface area contributed by atoms with Crippen molar-refractivity contribution in [1.29, 1.82) is 0 Å². The molecule has 0 aliphatic heterocycles. The van der Waals surface area contributed by atoms with Gasteiger partial charge in [0, 0.05) is 4.83 Å². The predicted octanol–water partition coefficient (Wildman–Crippen LogP) is 5.33. The maximum absolute atomic E-state index is 5.51. The molecule has 0 amide bonds. The molecule has 1 nitrogen and oxygen atoms in total. The first-order valence-electron chi connectivity index (χ1n) is 7.63. The Balaban J connectivity index is 1.86. The summed E-state index contributed by atoms with van der Waals surface area (Å²) in [6.07, 6.45) is 4.77. The second-order valence-electron chi connectivity index (χ2n) is 5.77. The van der Waals surface area contributed by atoms with Crippen molar-refractivity contribution in [1.82, 2.24) is 0 Å². The van der Waals surface area contributed by atoms with E-state index in [0.29, 0.717) is 10.7 Å². The number of benzene rings is 2. The molecule has 0 N–H and O–H groups in total. The highest BCUT2D eigenvalue weighted by Crippen LogP contribution is 2.41. The van der Waals surface area contributed by atoms with E-state index in [4.69, 9.17) is 4.74 Å². The average molecular weight is 345 g/mol. The summed E-state index contributed by atoms with van der Waals surface area (Å²) in [5, 5.41) is 0. The summed E-state index contributed by atoms with van der Waals surface area (Å²) >= 11 is 3.97. The van der Waals surface area contributed by atoms with Crippen LogP contribution in [0, 0.1) is 5.92 Å². The molecule has 0 heterocycles. The van der Waals surface area contributed by atoms with Gasteiger partial charge in [-0.15, -0.1) is 0 Å². The Bertz CT molecular complexity index is 608. The maximum atomic E-state index is 5.51. The van der Waals surface area contributed by atoms with Crippen LogP contribution in [0.3, 0.4) is 0 Å². The highest BCUT2D eigenvalue weighted by Gasteiger charge is 2.26. The Labute approximate surface area is 135 Å². The fourth-order valence-electron chi connectivity index (χ4n) is 3.35. The molecule has 0 aromatic heterocycles. The van der Waals surface area contributed by atoms with Crippen molar-refractivity contribution in [3.63, 3.8) is 0 Å². The second kappa shape index (κ2) is 6.65. The van der Waals surface area contributed by atoms with Gasteiger partial charge in [-0.1, -0.05) is 58.4 Å². The molecule has 0 bridgehead atoms. The van der Waals surface area contributed by atoms with Crippen LogP contribution in [0.4, 0.5) is 0 Å². The molecule has 110 valence electrons. The lowest BCUT2D eigenvalue weighted by atomic mass is 9.90. The van der Waals surface area contributed by atoms with Gasteiger partial charge in [-0.05, 0) is 54.4 Å². The van der Waals surface area contributed by atoms with Crippen molar-refractivity contribution in [2.45, 2.75) is 30.5 Å². The summed E-state index contributed by atoms with van der Waals surface area (Å²) in [7, 11) is 1.76. The van der Waals surface area contributed by atoms with E-state index in [1.165, 1.54) is 36.0 Å². The number of alkyl halides is 1. The minimum absolute atomic E-state index is 0.432. The molecule has 0 fully saturated rings. The van der Waals surface area contributed by atoms with E-state index in [-0.39, 0.29) is 0 Å². The van der Waals surface area contributed by atoms with Crippen molar-refractivity contribution in [3.8, 4) is 5.75 Å². The smallest absolute Gasteiger partial charge is 0.122 e. The first-order valence-corrected chi connectivity index (χ1v) is 8.55. The Hall–Kier alpha value is -1.28. The third-order valence-electron chi connectivity index (χ3n) is 4.46. The fraction of sp³-hybridized carbons (Fsp3) is 0.368. The number of hydrogen-bond donors (Lipinski definition) is 0. The summed E-state index contributed by atoms with van der Waals surface area (Å²) < 4.78 is 5.51. The lowest BCUT2D eigenvalue weighted by Gasteiger charge is -2.22.